The van der Waals surface area contributed by atoms with Crippen LogP contribution in [0.4, 0.5) is 22.0 Å². The van der Waals surface area contributed by atoms with Gasteiger partial charge in [0.05, 0.1) is 14.2 Å². The number of rotatable bonds is 5. The Balaban J connectivity index is 2.27. The summed E-state index contributed by atoms with van der Waals surface area (Å²) in [5, 5.41) is 5.65. The van der Waals surface area contributed by atoms with Gasteiger partial charge in [-0.15, -0.1) is 0 Å². The minimum atomic E-state index is -0.479. The minimum absolute atomic E-state index is 0.154. The second-order valence-corrected chi connectivity index (χ2v) is 3.69. The van der Waals surface area contributed by atoms with Crippen LogP contribution in [0.2, 0.25) is 0 Å². The number of nitrogens with one attached hydrogen (secondary N) is 2. The van der Waals surface area contributed by atoms with Crippen LogP contribution < -0.4 is 20.1 Å². The summed E-state index contributed by atoms with van der Waals surface area (Å²) < 4.78 is 23.4. The molecule has 0 amide bonds. The van der Waals surface area contributed by atoms with Gasteiger partial charge in [0, 0.05) is 18.8 Å². The lowest BCUT2D eigenvalue weighted by atomic mass is 10.3. The van der Waals surface area contributed by atoms with Gasteiger partial charge in [-0.2, -0.15) is 15.0 Å². The molecule has 20 heavy (non-hydrogen) atoms. The maximum atomic E-state index is 13.6. The molecule has 0 aliphatic heterocycles. The quantitative estimate of drug-likeness (QED) is 0.863. The van der Waals surface area contributed by atoms with Crippen LogP contribution in [0.3, 0.4) is 0 Å². The fourth-order valence-electron chi connectivity index (χ4n) is 1.49. The lowest BCUT2D eigenvalue weighted by molar-refractivity contribution is 0.379. The molecule has 8 heteroatoms. The van der Waals surface area contributed by atoms with Crippen molar-refractivity contribution in [2.45, 2.75) is 0 Å². The van der Waals surface area contributed by atoms with E-state index >= 15 is 0 Å². The summed E-state index contributed by atoms with van der Waals surface area (Å²) >= 11 is 0. The van der Waals surface area contributed by atoms with Crippen molar-refractivity contribution in [1.29, 1.82) is 0 Å². The van der Waals surface area contributed by atoms with Gasteiger partial charge in [-0.25, -0.2) is 4.39 Å². The van der Waals surface area contributed by atoms with Crippen molar-refractivity contribution in [1.82, 2.24) is 15.0 Å². The Morgan fingerprint density at radius 3 is 2.40 bits per heavy atom. The molecule has 7 nitrogen and oxygen atoms in total. The zero-order valence-corrected chi connectivity index (χ0v) is 11.3. The Bertz CT molecular complexity index is 586. The Hall–Kier alpha value is -2.64. The van der Waals surface area contributed by atoms with Gasteiger partial charge >= 0.3 is 6.01 Å². The van der Waals surface area contributed by atoms with E-state index in [0.29, 0.717) is 11.6 Å². The van der Waals surface area contributed by atoms with E-state index in [1.54, 1.807) is 13.1 Å². The molecule has 2 N–H and O–H groups in total. The number of hydrogen-bond acceptors (Lipinski definition) is 7. The lowest BCUT2D eigenvalue weighted by Gasteiger charge is -2.09. The van der Waals surface area contributed by atoms with Gasteiger partial charge in [-0.3, -0.25) is 0 Å². The van der Waals surface area contributed by atoms with E-state index in [1.807, 2.05) is 0 Å². The topological polar surface area (TPSA) is 81.2 Å². The number of benzene rings is 1. The van der Waals surface area contributed by atoms with Gasteiger partial charge < -0.3 is 20.1 Å². The predicted molar refractivity (Wildman–Crippen MR) is 72.2 cm³/mol. The summed E-state index contributed by atoms with van der Waals surface area (Å²) in [6, 6.07) is 4.60. The van der Waals surface area contributed by atoms with Crippen LogP contribution in [-0.2, 0) is 0 Å². The zero-order chi connectivity index (χ0) is 14.5. The van der Waals surface area contributed by atoms with Gasteiger partial charge in [0.2, 0.25) is 11.9 Å². The van der Waals surface area contributed by atoms with Crippen molar-refractivity contribution in [3.8, 4) is 11.8 Å². The molecule has 0 bridgehead atoms. The van der Waals surface area contributed by atoms with E-state index in [9.17, 15) is 4.39 Å². The molecule has 106 valence electrons. The highest BCUT2D eigenvalue weighted by Crippen LogP contribution is 2.23. The van der Waals surface area contributed by atoms with Crippen molar-refractivity contribution in [2.75, 3.05) is 31.9 Å². The third-order valence-electron chi connectivity index (χ3n) is 2.43. The zero-order valence-electron chi connectivity index (χ0n) is 11.3. The van der Waals surface area contributed by atoms with E-state index in [1.165, 1.54) is 26.4 Å². The molecule has 0 aliphatic carbocycles. The summed E-state index contributed by atoms with van der Waals surface area (Å²) in [4.78, 5) is 12.1. The molecule has 1 heterocycles. The number of nitrogens with zero attached hydrogens (tertiary/aromatic N) is 3. The van der Waals surface area contributed by atoms with Gasteiger partial charge in [0.1, 0.15) is 0 Å². The molecule has 0 spiro atoms. The predicted octanol–water partition coefficient (Wildman–Crippen LogP) is 1.81. The van der Waals surface area contributed by atoms with Crippen molar-refractivity contribution >= 4 is 17.6 Å². The molecule has 1 aromatic heterocycles. The normalized spacial score (nSPS) is 10.0. The number of halogens is 1. The van der Waals surface area contributed by atoms with Crippen LogP contribution >= 0.6 is 0 Å². The summed E-state index contributed by atoms with van der Waals surface area (Å²) in [6.45, 7) is 0. The maximum absolute atomic E-state index is 13.6. The van der Waals surface area contributed by atoms with Crippen molar-refractivity contribution < 1.29 is 13.9 Å². The lowest BCUT2D eigenvalue weighted by Crippen LogP contribution is -2.05. The molecule has 0 saturated carbocycles. The molecular formula is C12H14FN5O2. The third kappa shape index (κ3) is 3.02. The van der Waals surface area contributed by atoms with Crippen LogP contribution in [-0.4, -0.2) is 36.2 Å². The Morgan fingerprint density at radius 1 is 1.05 bits per heavy atom. The van der Waals surface area contributed by atoms with Gasteiger partial charge in [0.15, 0.2) is 11.6 Å². The molecule has 0 unspecified atom stereocenters. The highest BCUT2D eigenvalue weighted by Gasteiger charge is 2.08. The largest absolute Gasteiger partial charge is 0.494 e. The highest BCUT2D eigenvalue weighted by molar-refractivity contribution is 5.56. The van der Waals surface area contributed by atoms with Crippen molar-refractivity contribution in [3.63, 3.8) is 0 Å². The van der Waals surface area contributed by atoms with Crippen LogP contribution in [0.25, 0.3) is 0 Å². The first kappa shape index (κ1) is 13.8. The average molecular weight is 279 g/mol. The number of anilines is 3. The van der Waals surface area contributed by atoms with Gasteiger partial charge in [-0.05, 0) is 12.1 Å². The van der Waals surface area contributed by atoms with Crippen LogP contribution in [0.5, 0.6) is 11.8 Å². The summed E-state index contributed by atoms with van der Waals surface area (Å²) in [6.07, 6.45) is 0. The molecule has 0 aliphatic rings. The molecule has 0 radical (unpaired) electrons. The Kier molecular flexibility index (Phi) is 4.14. The summed E-state index contributed by atoms with van der Waals surface area (Å²) in [5.74, 6) is 0.270. The van der Waals surface area contributed by atoms with Crippen molar-refractivity contribution in [3.05, 3.63) is 24.0 Å². The summed E-state index contributed by atoms with van der Waals surface area (Å²) in [7, 11) is 4.53. The van der Waals surface area contributed by atoms with Crippen LogP contribution in [0.15, 0.2) is 18.2 Å². The van der Waals surface area contributed by atoms with Gasteiger partial charge in [0.25, 0.3) is 0 Å². The van der Waals surface area contributed by atoms with Crippen LogP contribution in [0.1, 0.15) is 0 Å². The highest BCUT2D eigenvalue weighted by atomic mass is 19.1. The van der Waals surface area contributed by atoms with Crippen LogP contribution in [0, 0.1) is 5.82 Å². The molecule has 1 aromatic carbocycles. The Labute approximate surface area is 115 Å². The second kappa shape index (κ2) is 6.00. The summed E-state index contributed by atoms with van der Waals surface area (Å²) in [5.41, 5.74) is 0.485. The van der Waals surface area contributed by atoms with E-state index in [-0.39, 0.29) is 17.7 Å². The number of hydrogen-bond donors (Lipinski definition) is 2. The van der Waals surface area contributed by atoms with Crippen molar-refractivity contribution in [2.24, 2.45) is 0 Å². The van der Waals surface area contributed by atoms with E-state index in [2.05, 4.69) is 25.6 Å². The first-order chi connectivity index (χ1) is 9.66. The molecule has 0 saturated heterocycles. The van der Waals surface area contributed by atoms with E-state index < -0.39 is 5.82 Å². The van der Waals surface area contributed by atoms with E-state index in [0.717, 1.165) is 0 Å². The fraction of sp³-hybridized carbons (Fsp3) is 0.250. The molecule has 2 rings (SSSR count). The molecule has 0 atom stereocenters. The molecule has 0 fully saturated rings. The minimum Gasteiger partial charge on any atom is -0.494 e. The fourth-order valence-corrected chi connectivity index (χ4v) is 1.49. The number of methoxy groups -OCH3 is 2. The van der Waals surface area contributed by atoms with E-state index in [4.69, 9.17) is 9.47 Å². The first-order valence-corrected chi connectivity index (χ1v) is 5.74. The number of aromatic nitrogens is 3. The standard InChI is InChI=1S/C12H14FN5O2/c1-14-10-16-11(18-12(17-10)20-3)15-7-4-5-9(19-2)8(13)6-7/h4-6H,1-3H3,(H2,14,15,16,17,18). The number of ether oxygens (including phenoxy) is 2. The van der Waals surface area contributed by atoms with Gasteiger partial charge in [-0.1, -0.05) is 0 Å². The molecular weight excluding hydrogens is 265 g/mol. The second-order valence-electron chi connectivity index (χ2n) is 3.69. The first-order valence-electron chi connectivity index (χ1n) is 5.74. The third-order valence-corrected chi connectivity index (χ3v) is 2.43. The molecule has 2 aromatic rings. The maximum Gasteiger partial charge on any atom is 0.322 e. The smallest absolute Gasteiger partial charge is 0.322 e. The monoisotopic (exact) mass is 279 g/mol. The SMILES string of the molecule is CNc1nc(Nc2ccc(OC)c(F)c2)nc(OC)n1. The average Bonchev–Trinajstić information content (AvgIpc) is 2.47. The Morgan fingerprint density at radius 2 is 1.80 bits per heavy atom.